The van der Waals surface area contributed by atoms with Gasteiger partial charge in [-0.1, -0.05) is 20.8 Å². The average molecular weight is 284 g/mol. The molecule has 0 heterocycles. The summed E-state index contributed by atoms with van der Waals surface area (Å²) in [5.74, 6) is 0.863. The zero-order chi connectivity index (χ0) is 15.2. The predicted molar refractivity (Wildman–Crippen MR) is 88.1 cm³/mol. The van der Waals surface area contributed by atoms with Crippen LogP contribution in [0.25, 0.3) is 0 Å². The molecular weight excluding hydrogens is 246 g/mol. The van der Waals surface area contributed by atoms with E-state index in [9.17, 15) is 0 Å². The Kier molecular flexibility index (Phi) is 7.00. The van der Waals surface area contributed by atoms with E-state index in [2.05, 4.69) is 39.9 Å². The third kappa shape index (κ3) is 6.13. The third-order valence-corrected chi connectivity index (χ3v) is 5.22. The van der Waals surface area contributed by atoms with Crippen molar-refractivity contribution in [3.8, 4) is 0 Å². The maximum atomic E-state index is 5.59. The van der Waals surface area contributed by atoms with Gasteiger partial charge in [-0.25, -0.2) is 0 Å². The highest BCUT2D eigenvalue weighted by atomic mass is 16.5. The summed E-state index contributed by atoms with van der Waals surface area (Å²) >= 11 is 0. The van der Waals surface area contributed by atoms with Crippen molar-refractivity contribution >= 4 is 0 Å². The van der Waals surface area contributed by atoms with Crippen molar-refractivity contribution in [1.29, 1.82) is 0 Å². The van der Waals surface area contributed by atoms with Crippen molar-refractivity contribution in [2.45, 2.75) is 91.2 Å². The number of ether oxygens (including phenoxy) is 1. The first-order valence-corrected chi connectivity index (χ1v) is 8.58. The van der Waals surface area contributed by atoms with Crippen LogP contribution in [0.2, 0.25) is 0 Å². The van der Waals surface area contributed by atoms with Gasteiger partial charge in [-0.15, -0.1) is 0 Å². The van der Waals surface area contributed by atoms with Crippen LogP contribution in [-0.4, -0.2) is 25.3 Å². The SMILES string of the molecule is CCCNC(CCC(C)(C)OC)C1CCC(C)(C)CC1. The van der Waals surface area contributed by atoms with Crippen molar-refractivity contribution in [2.24, 2.45) is 11.3 Å². The summed E-state index contributed by atoms with van der Waals surface area (Å²) in [5.41, 5.74) is 0.581. The van der Waals surface area contributed by atoms with Crippen molar-refractivity contribution in [3.63, 3.8) is 0 Å². The Morgan fingerprint density at radius 1 is 1.25 bits per heavy atom. The number of rotatable bonds is 8. The minimum Gasteiger partial charge on any atom is -0.379 e. The minimum absolute atomic E-state index is 0.0140. The molecule has 1 N–H and O–H groups in total. The van der Waals surface area contributed by atoms with Gasteiger partial charge in [0.05, 0.1) is 5.60 Å². The maximum absolute atomic E-state index is 5.59. The van der Waals surface area contributed by atoms with Crippen molar-refractivity contribution in [2.75, 3.05) is 13.7 Å². The molecule has 1 unspecified atom stereocenters. The van der Waals surface area contributed by atoms with Gasteiger partial charge in [0.1, 0.15) is 0 Å². The van der Waals surface area contributed by atoms with Crippen LogP contribution in [0.3, 0.4) is 0 Å². The van der Waals surface area contributed by atoms with E-state index in [1.807, 2.05) is 7.11 Å². The number of hydrogen-bond donors (Lipinski definition) is 1. The molecule has 120 valence electrons. The summed E-state index contributed by atoms with van der Waals surface area (Å²) in [7, 11) is 1.83. The van der Waals surface area contributed by atoms with Crippen LogP contribution in [0.4, 0.5) is 0 Å². The van der Waals surface area contributed by atoms with Crippen molar-refractivity contribution < 1.29 is 4.74 Å². The molecule has 0 aromatic rings. The highest BCUT2D eigenvalue weighted by Crippen LogP contribution is 2.40. The zero-order valence-electron chi connectivity index (χ0n) is 14.7. The lowest BCUT2D eigenvalue weighted by atomic mass is 9.70. The fourth-order valence-corrected chi connectivity index (χ4v) is 3.26. The van der Waals surface area contributed by atoms with E-state index in [0.29, 0.717) is 11.5 Å². The van der Waals surface area contributed by atoms with E-state index in [1.165, 1.54) is 38.5 Å². The van der Waals surface area contributed by atoms with E-state index in [4.69, 9.17) is 4.74 Å². The maximum Gasteiger partial charge on any atom is 0.0623 e. The summed E-state index contributed by atoms with van der Waals surface area (Å²) in [6.07, 6.45) is 9.16. The van der Waals surface area contributed by atoms with Crippen LogP contribution in [0.15, 0.2) is 0 Å². The molecule has 0 amide bonds. The standard InChI is InChI=1S/C18H37NO/c1-7-14-19-16(10-13-18(4,5)20-6)15-8-11-17(2,3)12-9-15/h15-16,19H,7-14H2,1-6H3. The van der Waals surface area contributed by atoms with Gasteiger partial charge in [0.15, 0.2) is 0 Å². The lowest BCUT2D eigenvalue weighted by molar-refractivity contribution is 0.00872. The first-order chi connectivity index (χ1) is 9.29. The fraction of sp³-hybridized carbons (Fsp3) is 1.00. The molecule has 0 saturated heterocycles. The van der Waals surface area contributed by atoms with Gasteiger partial charge in [0, 0.05) is 13.2 Å². The topological polar surface area (TPSA) is 21.3 Å². The van der Waals surface area contributed by atoms with Crippen molar-refractivity contribution in [3.05, 3.63) is 0 Å². The Labute approximate surface area is 127 Å². The minimum atomic E-state index is 0.0140. The molecule has 0 aromatic carbocycles. The Hall–Kier alpha value is -0.0800. The Morgan fingerprint density at radius 3 is 2.35 bits per heavy atom. The average Bonchev–Trinajstić information content (AvgIpc) is 2.40. The fourth-order valence-electron chi connectivity index (χ4n) is 3.26. The second-order valence-electron chi connectivity index (χ2n) is 8.06. The molecule has 1 aliphatic rings. The molecule has 20 heavy (non-hydrogen) atoms. The molecule has 1 aliphatic carbocycles. The second-order valence-corrected chi connectivity index (χ2v) is 8.06. The monoisotopic (exact) mass is 283 g/mol. The highest BCUT2D eigenvalue weighted by molar-refractivity contribution is 4.86. The van der Waals surface area contributed by atoms with Crippen molar-refractivity contribution in [1.82, 2.24) is 5.32 Å². The molecule has 2 heteroatoms. The molecule has 1 fully saturated rings. The molecule has 2 nitrogen and oxygen atoms in total. The Morgan fingerprint density at radius 2 is 1.85 bits per heavy atom. The normalized spacial score (nSPS) is 21.9. The van der Waals surface area contributed by atoms with Gasteiger partial charge >= 0.3 is 0 Å². The van der Waals surface area contributed by atoms with Gasteiger partial charge < -0.3 is 10.1 Å². The molecule has 1 rings (SSSR count). The zero-order valence-corrected chi connectivity index (χ0v) is 14.7. The largest absolute Gasteiger partial charge is 0.379 e. The Bertz CT molecular complexity index is 263. The molecule has 1 saturated carbocycles. The lowest BCUT2D eigenvalue weighted by Crippen LogP contribution is -2.41. The summed E-state index contributed by atoms with van der Waals surface area (Å²) < 4.78 is 5.59. The summed E-state index contributed by atoms with van der Waals surface area (Å²) in [5, 5.41) is 3.81. The summed E-state index contributed by atoms with van der Waals surface area (Å²) in [4.78, 5) is 0. The van der Waals surface area contributed by atoms with Crippen LogP contribution < -0.4 is 5.32 Å². The molecule has 0 bridgehead atoms. The van der Waals surface area contributed by atoms with E-state index in [-0.39, 0.29) is 5.60 Å². The molecular formula is C18H37NO. The molecule has 1 atom stereocenters. The van der Waals surface area contributed by atoms with E-state index in [0.717, 1.165) is 18.9 Å². The van der Waals surface area contributed by atoms with Gasteiger partial charge in [-0.05, 0) is 76.7 Å². The molecule has 0 aliphatic heterocycles. The second kappa shape index (κ2) is 7.79. The van der Waals surface area contributed by atoms with E-state index < -0.39 is 0 Å². The highest BCUT2D eigenvalue weighted by Gasteiger charge is 2.31. The quantitative estimate of drug-likeness (QED) is 0.692. The molecule has 0 radical (unpaired) electrons. The number of methoxy groups -OCH3 is 1. The van der Waals surface area contributed by atoms with Crippen LogP contribution in [-0.2, 0) is 4.74 Å². The smallest absolute Gasteiger partial charge is 0.0623 e. The van der Waals surface area contributed by atoms with Gasteiger partial charge in [-0.2, -0.15) is 0 Å². The van der Waals surface area contributed by atoms with Crippen LogP contribution in [0.5, 0.6) is 0 Å². The first kappa shape index (κ1) is 18.0. The van der Waals surface area contributed by atoms with Crippen LogP contribution >= 0.6 is 0 Å². The summed E-state index contributed by atoms with van der Waals surface area (Å²) in [6, 6.07) is 0.681. The van der Waals surface area contributed by atoms with E-state index >= 15 is 0 Å². The van der Waals surface area contributed by atoms with Crippen LogP contribution in [0, 0.1) is 11.3 Å². The van der Waals surface area contributed by atoms with E-state index in [1.54, 1.807) is 0 Å². The molecule has 0 spiro atoms. The lowest BCUT2D eigenvalue weighted by Gasteiger charge is -2.39. The predicted octanol–water partition coefficient (Wildman–Crippen LogP) is 4.78. The number of hydrogen-bond acceptors (Lipinski definition) is 2. The third-order valence-electron chi connectivity index (χ3n) is 5.22. The first-order valence-electron chi connectivity index (χ1n) is 8.58. The Balaban J connectivity index is 2.51. The summed E-state index contributed by atoms with van der Waals surface area (Å²) in [6.45, 7) is 12.7. The molecule has 0 aromatic heterocycles. The van der Waals surface area contributed by atoms with Gasteiger partial charge in [0.25, 0.3) is 0 Å². The van der Waals surface area contributed by atoms with Gasteiger partial charge in [0.2, 0.25) is 0 Å². The number of nitrogens with one attached hydrogen (secondary N) is 1. The van der Waals surface area contributed by atoms with Crippen LogP contribution in [0.1, 0.15) is 79.6 Å². The van der Waals surface area contributed by atoms with Gasteiger partial charge in [-0.3, -0.25) is 0 Å².